The predicted octanol–water partition coefficient (Wildman–Crippen LogP) is 4.31. The zero-order valence-corrected chi connectivity index (χ0v) is 17.0. The molecule has 0 saturated heterocycles. The van der Waals surface area contributed by atoms with E-state index in [4.69, 9.17) is 4.74 Å². The summed E-state index contributed by atoms with van der Waals surface area (Å²) in [6.07, 6.45) is -1.53. The summed E-state index contributed by atoms with van der Waals surface area (Å²) in [6.45, 7) is 1.95. The van der Waals surface area contributed by atoms with Crippen LogP contribution in [0.25, 0.3) is 0 Å². The monoisotopic (exact) mass is 420 g/mol. The summed E-state index contributed by atoms with van der Waals surface area (Å²) in [5.74, 6) is -0.753. The predicted molar refractivity (Wildman–Crippen MR) is 105 cm³/mol. The number of carbonyl (C=O) groups is 2. The first-order chi connectivity index (χ1) is 14.1. The minimum absolute atomic E-state index is 0.0859. The average molecular weight is 420 g/mol. The van der Waals surface area contributed by atoms with E-state index in [1.807, 2.05) is 14.1 Å². The molecule has 1 aliphatic carbocycles. The molecule has 0 unspecified atom stereocenters. The van der Waals surface area contributed by atoms with Crippen LogP contribution in [0.4, 0.5) is 13.2 Å². The number of fused-ring (bicyclic) bond motifs is 1. The SMILES string of the molecule is CCOC(=O)c1cc2c(n1Cc1ccc(C(F)(F)F)cc1)C(=O)C(=CN(C)C)CC2. The zero-order chi connectivity index (χ0) is 22.1. The van der Waals surface area contributed by atoms with Gasteiger partial charge in [-0.15, -0.1) is 0 Å². The molecule has 160 valence electrons. The molecule has 1 aliphatic rings. The first-order valence-electron chi connectivity index (χ1n) is 9.59. The van der Waals surface area contributed by atoms with Crippen molar-refractivity contribution in [3.8, 4) is 0 Å². The molecule has 0 radical (unpaired) electrons. The third-order valence-electron chi connectivity index (χ3n) is 4.87. The van der Waals surface area contributed by atoms with Crippen molar-refractivity contribution in [2.75, 3.05) is 20.7 Å². The van der Waals surface area contributed by atoms with Gasteiger partial charge in [0.2, 0.25) is 5.78 Å². The van der Waals surface area contributed by atoms with Gasteiger partial charge in [0.05, 0.1) is 17.9 Å². The Hall–Kier alpha value is -3.03. The fourth-order valence-corrected chi connectivity index (χ4v) is 3.55. The van der Waals surface area contributed by atoms with E-state index >= 15 is 0 Å². The maximum Gasteiger partial charge on any atom is 0.416 e. The van der Waals surface area contributed by atoms with E-state index in [2.05, 4.69) is 0 Å². The van der Waals surface area contributed by atoms with E-state index in [-0.39, 0.29) is 24.6 Å². The standard InChI is InChI=1S/C22H23F3N2O3/c1-4-30-21(29)18-11-15-7-8-16(13-26(2)3)20(28)19(15)27(18)12-14-5-9-17(10-6-14)22(23,24)25/h5-6,9-11,13H,4,7-8,12H2,1-3H3. The Kier molecular flexibility index (Phi) is 6.05. The van der Waals surface area contributed by atoms with Crippen LogP contribution in [0.2, 0.25) is 0 Å². The number of alkyl halides is 3. The highest BCUT2D eigenvalue weighted by atomic mass is 19.4. The molecular formula is C22H23F3N2O3. The van der Waals surface area contributed by atoms with Gasteiger partial charge in [-0.3, -0.25) is 4.79 Å². The third-order valence-corrected chi connectivity index (χ3v) is 4.87. The Balaban J connectivity index is 2.05. The first-order valence-corrected chi connectivity index (χ1v) is 9.59. The number of hydrogen-bond donors (Lipinski definition) is 0. The molecule has 0 bridgehead atoms. The van der Waals surface area contributed by atoms with Crippen molar-refractivity contribution in [2.45, 2.75) is 32.5 Å². The summed E-state index contributed by atoms with van der Waals surface area (Å²) >= 11 is 0. The largest absolute Gasteiger partial charge is 0.461 e. The average Bonchev–Trinajstić information content (AvgIpc) is 3.03. The van der Waals surface area contributed by atoms with E-state index in [1.54, 1.807) is 28.7 Å². The minimum atomic E-state index is -4.43. The highest BCUT2D eigenvalue weighted by Gasteiger charge is 2.32. The van der Waals surface area contributed by atoms with Crippen molar-refractivity contribution in [3.63, 3.8) is 0 Å². The number of allylic oxidation sites excluding steroid dienone is 1. The molecule has 5 nitrogen and oxygen atoms in total. The number of rotatable bonds is 5. The van der Waals surface area contributed by atoms with Crippen molar-refractivity contribution >= 4 is 11.8 Å². The molecular weight excluding hydrogens is 397 g/mol. The van der Waals surface area contributed by atoms with Crippen LogP contribution in [0.3, 0.4) is 0 Å². The molecule has 0 amide bonds. The van der Waals surface area contributed by atoms with Crippen molar-refractivity contribution in [2.24, 2.45) is 0 Å². The Morgan fingerprint density at radius 1 is 1.20 bits per heavy atom. The fraction of sp³-hybridized carbons (Fsp3) is 0.364. The number of aromatic nitrogens is 1. The Morgan fingerprint density at radius 3 is 2.43 bits per heavy atom. The number of nitrogens with zero attached hydrogens (tertiary/aromatic N) is 2. The fourth-order valence-electron chi connectivity index (χ4n) is 3.55. The minimum Gasteiger partial charge on any atom is -0.461 e. The summed E-state index contributed by atoms with van der Waals surface area (Å²) in [7, 11) is 3.64. The molecule has 0 aliphatic heterocycles. The lowest BCUT2D eigenvalue weighted by Gasteiger charge is -2.20. The van der Waals surface area contributed by atoms with Crippen LogP contribution < -0.4 is 0 Å². The van der Waals surface area contributed by atoms with Gasteiger partial charge >= 0.3 is 12.1 Å². The maximum atomic E-state index is 13.1. The van der Waals surface area contributed by atoms with E-state index < -0.39 is 17.7 Å². The Labute approximate surface area is 172 Å². The molecule has 0 N–H and O–H groups in total. The van der Waals surface area contributed by atoms with E-state index in [9.17, 15) is 22.8 Å². The lowest BCUT2D eigenvalue weighted by Crippen LogP contribution is -2.22. The number of ether oxygens (including phenoxy) is 1. The van der Waals surface area contributed by atoms with Crippen LogP contribution in [0, 0.1) is 0 Å². The molecule has 0 atom stereocenters. The Morgan fingerprint density at radius 2 is 1.87 bits per heavy atom. The van der Waals surface area contributed by atoms with E-state index in [0.717, 1.165) is 17.7 Å². The second kappa shape index (κ2) is 8.38. The molecule has 0 saturated carbocycles. The van der Waals surface area contributed by atoms with Gasteiger partial charge in [0, 0.05) is 32.4 Å². The second-order valence-corrected chi connectivity index (χ2v) is 7.35. The van der Waals surface area contributed by atoms with Gasteiger partial charge in [0.15, 0.2) is 0 Å². The van der Waals surface area contributed by atoms with Gasteiger partial charge in [-0.05, 0) is 49.1 Å². The number of hydrogen-bond acceptors (Lipinski definition) is 4. The number of esters is 1. The summed E-state index contributed by atoms with van der Waals surface area (Å²) < 4.78 is 45.2. The van der Waals surface area contributed by atoms with Crippen molar-refractivity contribution < 1.29 is 27.5 Å². The van der Waals surface area contributed by atoms with Gasteiger partial charge in [-0.1, -0.05) is 12.1 Å². The molecule has 1 aromatic heterocycles. The van der Waals surface area contributed by atoms with Crippen LogP contribution >= 0.6 is 0 Å². The Bertz CT molecular complexity index is 986. The highest BCUT2D eigenvalue weighted by Crippen LogP contribution is 2.31. The topological polar surface area (TPSA) is 51.5 Å². The molecule has 30 heavy (non-hydrogen) atoms. The van der Waals surface area contributed by atoms with Gasteiger partial charge in [0.25, 0.3) is 0 Å². The van der Waals surface area contributed by atoms with E-state index in [0.29, 0.717) is 29.7 Å². The smallest absolute Gasteiger partial charge is 0.416 e. The molecule has 0 spiro atoms. The number of aryl methyl sites for hydroxylation is 1. The number of ketones is 1. The summed E-state index contributed by atoms with van der Waals surface area (Å²) in [5.41, 5.74) is 1.76. The van der Waals surface area contributed by atoms with Crippen LogP contribution in [-0.4, -0.2) is 41.9 Å². The molecule has 0 fully saturated rings. The summed E-state index contributed by atoms with van der Waals surface area (Å²) in [5, 5.41) is 0. The number of Topliss-reactive ketones (excluding diaryl/α,β-unsaturated/α-hetero) is 1. The molecule has 2 aromatic rings. The van der Waals surface area contributed by atoms with Gasteiger partial charge < -0.3 is 14.2 Å². The van der Waals surface area contributed by atoms with Crippen LogP contribution in [0.5, 0.6) is 0 Å². The molecule has 1 heterocycles. The lowest BCUT2D eigenvalue weighted by atomic mass is 9.92. The van der Waals surface area contributed by atoms with Crippen molar-refractivity contribution in [3.05, 3.63) is 70.2 Å². The van der Waals surface area contributed by atoms with Crippen molar-refractivity contribution in [1.82, 2.24) is 9.47 Å². The lowest BCUT2D eigenvalue weighted by molar-refractivity contribution is -0.137. The quantitative estimate of drug-likeness (QED) is 0.535. The summed E-state index contributed by atoms with van der Waals surface area (Å²) in [6, 6.07) is 6.35. The van der Waals surface area contributed by atoms with E-state index in [1.165, 1.54) is 12.1 Å². The number of carbonyl (C=O) groups excluding carboxylic acids is 2. The van der Waals surface area contributed by atoms with Gasteiger partial charge in [-0.2, -0.15) is 13.2 Å². The van der Waals surface area contributed by atoms with Gasteiger partial charge in [0.1, 0.15) is 5.69 Å². The third kappa shape index (κ3) is 4.42. The number of halogens is 3. The zero-order valence-electron chi connectivity index (χ0n) is 17.0. The summed E-state index contributed by atoms with van der Waals surface area (Å²) in [4.78, 5) is 27.4. The molecule has 8 heteroatoms. The van der Waals surface area contributed by atoms with Crippen LogP contribution in [-0.2, 0) is 23.9 Å². The van der Waals surface area contributed by atoms with Gasteiger partial charge in [-0.25, -0.2) is 4.79 Å². The number of benzene rings is 1. The molecule has 1 aromatic carbocycles. The van der Waals surface area contributed by atoms with Crippen molar-refractivity contribution in [1.29, 1.82) is 0 Å². The second-order valence-electron chi connectivity index (χ2n) is 7.35. The maximum absolute atomic E-state index is 13.1. The van der Waals surface area contributed by atoms with Crippen LogP contribution in [0.15, 0.2) is 42.1 Å². The first kappa shape index (κ1) is 21.7. The van der Waals surface area contributed by atoms with Crippen LogP contribution in [0.1, 0.15) is 51.0 Å². The highest BCUT2D eigenvalue weighted by molar-refractivity contribution is 6.10. The molecule has 3 rings (SSSR count). The normalized spacial score (nSPS) is 15.3.